The van der Waals surface area contributed by atoms with Crippen LogP contribution in [0.25, 0.3) is 0 Å². The lowest BCUT2D eigenvalue weighted by Crippen LogP contribution is -2.55. The van der Waals surface area contributed by atoms with Crippen molar-refractivity contribution in [3.05, 3.63) is 63.1 Å². The molecule has 0 bridgehead atoms. The highest BCUT2D eigenvalue weighted by Crippen LogP contribution is 2.39. The number of piperazine rings is 1. The summed E-state index contributed by atoms with van der Waals surface area (Å²) in [5.41, 5.74) is 0.433. The van der Waals surface area contributed by atoms with Gasteiger partial charge in [-0.15, -0.1) is 0 Å². The number of sulfonamides is 1. The third-order valence-electron chi connectivity index (χ3n) is 6.74. The quantitative estimate of drug-likeness (QED) is 0.424. The fourth-order valence-corrected chi connectivity index (χ4v) is 6.49. The summed E-state index contributed by atoms with van der Waals surface area (Å²) in [6.45, 7) is 1.68. The molecule has 2 aromatic carbocycles. The summed E-state index contributed by atoms with van der Waals surface area (Å²) < 4.78 is 34.5. The Bertz CT molecular complexity index is 1210. The van der Waals surface area contributed by atoms with Gasteiger partial charge in [-0.2, -0.15) is 4.31 Å². The van der Waals surface area contributed by atoms with Crippen LogP contribution in [-0.4, -0.2) is 73.0 Å². The molecule has 3 fully saturated rings. The van der Waals surface area contributed by atoms with Gasteiger partial charge in [0.2, 0.25) is 15.9 Å². The Kier molecular flexibility index (Phi) is 5.87. The monoisotopic (exact) mass is 550 g/mol. The molecule has 0 radical (unpaired) electrons. The molecule has 3 aliphatic heterocycles. The Morgan fingerprint density at radius 3 is 2.32 bits per heavy atom. The molecule has 1 atom stereocenters. The number of carbonyl (C=O) groups is 1. The van der Waals surface area contributed by atoms with Gasteiger partial charge in [-0.05, 0) is 49.2 Å². The van der Waals surface area contributed by atoms with Crippen LogP contribution in [0.15, 0.2) is 57.9 Å². The van der Waals surface area contributed by atoms with E-state index in [0.717, 1.165) is 10.2 Å². The molecule has 2 aromatic rings. The molecule has 0 aliphatic carbocycles. The maximum absolute atomic E-state index is 13.1. The van der Waals surface area contributed by atoms with Crippen LogP contribution in [-0.2, 0) is 19.6 Å². The zero-order chi connectivity index (χ0) is 24.1. The lowest BCUT2D eigenvalue weighted by molar-refractivity contribution is -0.384. The van der Waals surface area contributed by atoms with Gasteiger partial charge in [-0.1, -0.05) is 15.9 Å². The number of ether oxygens (including phenoxy) is 1. The number of nitro benzene ring substituents is 1. The number of halogens is 1. The first kappa shape index (κ1) is 23.2. The second-order valence-corrected chi connectivity index (χ2v) is 11.6. The van der Waals surface area contributed by atoms with Gasteiger partial charge in [0.15, 0.2) is 0 Å². The number of hydrogen-bond donors (Lipinski definition) is 0. The molecular formula is C22H23BrN4O6S. The normalized spacial score (nSPS) is 22.7. The molecule has 1 spiro atoms. The van der Waals surface area contributed by atoms with Crippen LogP contribution in [0.1, 0.15) is 12.8 Å². The molecule has 1 amide bonds. The minimum Gasteiger partial charge on any atom is -0.371 e. The molecule has 3 saturated heterocycles. The van der Waals surface area contributed by atoms with E-state index in [4.69, 9.17) is 4.74 Å². The maximum Gasteiger partial charge on any atom is 0.269 e. The summed E-state index contributed by atoms with van der Waals surface area (Å²) in [7, 11) is -3.82. The van der Waals surface area contributed by atoms with Gasteiger partial charge < -0.3 is 14.5 Å². The van der Waals surface area contributed by atoms with E-state index in [-0.39, 0.29) is 29.6 Å². The van der Waals surface area contributed by atoms with Crippen LogP contribution in [0.2, 0.25) is 0 Å². The van der Waals surface area contributed by atoms with E-state index in [0.29, 0.717) is 32.5 Å². The van der Waals surface area contributed by atoms with Gasteiger partial charge >= 0.3 is 0 Å². The number of fused-ring (bicyclic) bond motifs is 1. The highest BCUT2D eigenvalue weighted by atomic mass is 79.9. The Labute approximate surface area is 205 Å². The van der Waals surface area contributed by atoms with Crippen molar-refractivity contribution in [3.63, 3.8) is 0 Å². The highest BCUT2D eigenvalue weighted by molar-refractivity contribution is 9.10. The van der Waals surface area contributed by atoms with E-state index in [1.807, 2.05) is 0 Å². The number of carbonyl (C=O) groups excluding carboxylic acids is 1. The lowest BCUT2D eigenvalue weighted by atomic mass is 9.91. The van der Waals surface area contributed by atoms with Gasteiger partial charge in [0.1, 0.15) is 6.23 Å². The topological polar surface area (TPSA) is 113 Å². The SMILES string of the molecule is O=C1CN(S(=O)(=O)c2ccc(Br)cc2)CC2OC3(CCN(c4ccc([N+](=O)[O-])cc4)CC3)CN12. The van der Waals surface area contributed by atoms with Crippen LogP contribution >= 0.6 is 15.9 Å². The van der Waals surface area contributed by atoms with Gasteiger partial charge in [0, 0.05) is 35.4 Å². The molecule has 34 heavy (non-hydrogen) atoms. The number of piperidine rings is 1. The van der Waals surface area contributed by atoms with Crippen LogP contribution in [0.4, 0.5) is 11.4 Å². The number of rotatable bonds is 4. The van der Waals surface area contributed by atoms with Gasteiger partial charge in [0.25, 0.3) is 5.69 Å². The Hall–Kier alpha value is -2.54. The van der Waals surface area contributed by atoms with E-state index < -0.39 is 26.8 Å². The lowest BCUT2D eigenvalue weighted by Gasteiger charge is -2.39. The summed E-state index contributed by atoms with van der Waals surface area (Å²) in [6, 6.07) is 12.8. The van der Waals surface area contributed by atoms with Crippen molar-refractivity contribution in [3.8, 4) is 0 Å². The zero-order valence-corrected chi connectivity index (χ0v) is 20.6. The molecule has 180 valence electrons. The minimum absolute atomic E-state index is 0.0504. The Morgan fingerprint density at radius 2 is 1.71 bits per heavy atom. The highest BCUT2D eigenvalue weighted by Gasteiger charge is 2.52. The molecule has 3 heterocycles. The fraction of sp³-hybridized carbons (Fsp3) is 0.409. The summed E-state index contributed by atoms with van der Waals surface area (Å²) in [5, 5.41) is 10.9. The minimum atomic E-state index is -3.82. The van der Waals surface area contributed by atoms with Crippen molar-refractivity contribution in [2.45, 2.75) is 29.6 Å². The van der Waals surface area contributed by atoms with Gasteiger partial charge in [0.05, 0.1) is 35.1 Å². The van der Waals surface area contributed by atoms with Crippen molar-refractivity contribution < 1.29 is 22.9 Å². The van der Waals surface area contributed by atoms with Crippen LogP contribution in [0, 0.1) is 10.1 Å². The molecule has 0 aromatic heterocycles. The van der Waals surface area contributed by atoms with Crippen molar-refractivity contribution in [1.29, 1.82) is 0 Å². The predicted octanol–water partition coefficient (Wildman–Crippen LogP) is 2.59. The van der Waals surface area contributed by atoms with E-state index in [1.165, 1.54) is 28.6 Å². The van der Waals surface area contributed by atoms with E-state index in [1.54, 1.807) is 29.2 Å². The third-order valence-corrected chi connectivity index (χ3v) is 9.09. The number of nitrogens with zero attached hydrogens (tertiary/aromatic N) is 4. The first-order chi connectivity index (χ1) is 16.2. The average Bonchev–Trinajstić information content (AvgIpc) is 3.18. The summed E-state index contributed by atoms with van der Waals surface area (Å²) >= 11 is 3.30. The van der Waals surface area contributed by atoms with Crippen LogP contribution in [0.3, 0.4) is 0 Å². The number of hydrogen-bond acceptors (Lipinski definition) is 7. The molecule has 0 saturated carbocycles. The second-order valence-electron chi connectivity index (χ2n) is 8.79. The molecule has 5 rings (SSSR count). The van der Waals surface area contributed by atoms with E-state index in [2.05, 4.69) is 20.8 Å². The third kappa shape index (κ3) is 4.19. The first-order valence-corrected chi connectivity index (χ1v) is 13.1. The zero-order valence-electron chi connectivity index (χ0n) is 18.2. The number of benzene rings is 2. The molecule has 3 aliphatic rings. The predicted molar refractivity (Wildman–Crippen MR) is 127 cm³/mol. The molecule has 10 nitrogen and oxygen atoms in total. The summed E-state index contributed by atoms with van der Waals surface area (Å²) in [4.78, 5) is 27.3. The maximum atomic E-state index is 13.1. The van der Waals surface area contributed by atoms with Crippen molar-refractivity contribution >= 4 is 43.2 Å². The van der Waals surface area contributed by atoms with Crippen molar-refractivity contribution in [2.75, 3.05) is 37.6 Å². The molecule has 1 unspecified atom stereocenters. The summed E-state index contributed by atoms with van der Waals surface area (Å²) in [5.74, 6) is -0.258. The largest absolute Gasteiger partial charge is 0.371 e. The standard InChI is InChI=1S/C22H23BrN4O6S/c23-16-1-7-19(8-2-16)34(31,32)25-13-20(28)26-15-22(33-21(26)14-25)9-11-24(12-10-22)17-3-5-18(6-4-17)27(29)30/h1-8,21H,9-15H2. The number of nitro groups is 1. The molecule has 12 heteroatoms. The van der Waals surface area contributed by atoms with Gasteiger partial charge in [-0.3, -0.25) is 14.9 Å². The average molecular weight is 551 g/mol. The number of anilines is 1. The molecular weight excluding hydrogens is 528 g/mol. The second kappa shape index (κ2) is 8.59. The van der Waals surface area contributed by atoms with Crippen LogP contribution in [0.5, 0.6) is 0 Å². The van der Waals surface area contributed by atoms with Crippen molar-refractivity contribution in [2.24, 2.45) is 0 Å². The smallest absolute Gasteiger partial charge is 0.269 e. The van der Waals surface area contributed by atoms with Crippen molar-refractivity contribution in [1.82, 2.24) is 9.21 Å². The first-order valence-electron chi connectivity index (χ1n) is 10.9. The number of non-ortho nitro benzene ring substituents is 1. The van der Waals surface area contributed by atoms with E-state index in [9.17, 15) is 23.3 Å². The Balaban J connectivity index is 1.26. The number of amides is 1. The van der Waals surface area contributed by atoms with Crippen LogP contribution < -0.4 is 4.90 Å². The molecule has 0 N–H and O–H groups in total. The summed E-state index contributed by atoms with van der Waals surface area (Å²) in [6.07, 6.45) is 0.727. The Morgan fingerprint density at radius 1 is 1.06 bits per heavy atom. The van der Waals surface area contributed by atoms with E-state index >= 15 is 0 Å². The fourth-order valence-electron chi connectivity index (χ4n) is 4.84. The van der Waals surface area contributed by atoms with Gasteiger partial charge in [-0.25, -0.2) is 8.42 Å².